The Morgan fingerprint density at radius 2 is 1.87 bits per heavy atom. The Hall–Kier alpha value is -3.60. The van der Waals surface area contributed by atoms with Gasteiger partial charge in [-0.25, -0.2) is 4.39 Å². The number of carbonyl (C=O) groups excluding carboxylic acids is 1. The van der Waals surface area contributed by atoms with E-state index in [2.05, 4.69) is 31.0 Å². The van der Waals surface area contributed by atoms with Crippen molar-refractivity contribution >= 4 is 23.4 Å². The molecule has 2 aromatic carbocycles. The molecule has 4 aromatic rings. The smallest absolute Gasteiger partial charge is 0.234 e. The fourth-order valence-corrected chi connectivity index (χ4v) is 3.73. The topological polar surface area (TPSA) is 103 Å². The summed E-state index contributed by atoms with van der Waals surface area (Å²) in [6.07, 6.45) is 0. The van der Waals surface area contributed by atoms with Crippen LogP contribution in [-0.4, -0.2) is 46.6 Å². The molecule has 9 nitrogen and oxygen atoms in total. The summed E-state index contributed by atoms with van der Waals surface area (Å²) in [5.74, 6) is 0.452. The number of benzene rings is 2. The number of nitrogens with zero attached hydrogens (tertiary/aromatic N) is 7. The molecule has 0 atom stereocenters. The Balaban J connectivity index is 1.43. The molecule has 1 amide bonds. The third kappa shape index (κ3) is 4.77. The van der Waals surface area contributed by atoms with Gasteiger partial charge in [-0.15, -0.1) is 15.3 Å². The Morgan fingerprint density at radius 3 is 2.61 bits per heavy atom. The summed E-state index contributed by atoms with van der Waals surface area (Å²) in [5.41, 5.74) is 1.71. The van der Waals surface area contributed by atoms with Gasteiger partial charge in [0, 0.05) is 0 Å². The quantitative estimate of drug-likeness (QED) is 0.443. The molecule has 31 heavy (non-hydrogen) atoms. The van der Waals surface area contributed by atoms with Gasteiger partial charge < -0.3 is 9.88 Å². The largest absolute Gasteiger partial charge is 0.323 e. The molecule has 0 aliphatic carbocycles. The van der Waals surface area contributed by atoms with Gasteiger partial charge in [-0.3, -0.25) is 4.79 Å². The zero-order valence-corrected chi connectivity index (χ0v) is 17.7. The Labute approximate surface area is 181 Å². The third-order valence-corrected chi connectivity index (χ3v) is 5.48. The minimum absolute atomic E-state index is 0.0555. The van der Waals surface area contributed by atoms with Crippen LogP contribution >= 0.6 is 11.8 Å². The molecule has 0 saturated heterocycles. The van der Waals surface area contributed by atoms with Crippen LogP contribution in [0.5, 0.6) is 0 Å². The van der Waals surface area contributed by atoms with E-state index in [1.807, 2.05) is 41.8 Å². The number of aromatic nitrogens is 7. The lowest BCUT2D eigenvalue weighted by atomic mass is 10.2. The van der Waals surface area contributed by atoms with Crippen LogP contribution in [0.1, 0.15) is 17.2 Å². The van der Waals surface area contributed by atoms with E-state index >= 15 is 0 Å². The molecule has 0 fully saturated rings. The molecule has 2 heterocycles. The summed E-state index contributed by atoms with van der Waals surface area (Å²) in [6, 6.07) is 14.2. The summed E-state index contributed by atoms with van der Waals surface area (Å²) < 4.78 is 17.6. The number of anilines is 1. The molecule has 0 saturated carbocycles. The molecule has 1 N–H and O–H groups in total. The number of rotatable bonds is 7. The summed E-state index contributed by atoms with van der Waals surface area (Å²) in [6.45, 7) is 4.19. The van der Waals surface area contributed by atoms with Crippen LogP contribution in [0.15, 0.2) is 53.7 Å². The number of halogens is 1. The zero-order valence-electron chi connectivity index (χ0n) is 16.9. The number of hydrogen-bond acceptors (Lipinski definition) is 7. The van der Waals surface area contributed by atoms with Gasteiger partial charge in [0.2, 0.25) is 5.91 Å². The molecule has 0 aliphatic heterocycles. The zero-order chi connectivity index (χ0) is 21.8. The normalized spacial score (nSPS) is 10.9. The third-order valence-electron chi connectivity index (χ3n) is 4.51. The molecule has 0 spiro atoms. The van der Waals surface area contributed by atoms with Crippen molar-refractivity contribution in [3.63, 3.8) is 0 Å². The summed E-state index contributed by atoms with van der Waals surface area (Å²) in [5, 5.41) is 22.7. The van der Waals surface area contributed by atoms with E-state index in [0.717, 1.165) is 11.4 Å². The first kappa shape index (κ1) is 20.7. The van der Waals surface area contributed by atoms with Crippen molar-refractivity contribution in [1.82, 2.24) is 35.0 Å². The second-order valence-corrected chi connectivity index (χ2v) is 7.68. The maximum absolute atomic E-state index is 14.2. The minimum Gasteiger partial charge on any atom is -0.323 e. The number of tetrazole rings is 1. The van der Waals surface area contributed by atoms with Gasteiger partial charge in [-0.1, -0.05) is 42.1 Å². The molecule has 0 bridgehead atoms. The summed E-state index contributed by atoms with van der Waals surface area (Å²) in [7, 11) is 0. The van der Waals surface area contributed by atoms with Crippen molar-refractivity contribution in [3.05, 3.63) is 71.6 Å². The molecule has 158 valence electrons. The van der Waals surface area contributed by atoms with Crippen molar-refractivity contribution in [3.8, 4) is 5.69 Å². The van der Waals surface area contributed by atoms with Crippen molar-refractivity contribution in [2.24, 2.45) is 0 Å². The van der Waals surface area contributed by atoms with Crippen LogP contribution in [-0.2, 0) is 11.3 Å². The van der Waals surface area contributed by atoms with E-state index < -0.39 is 5.82 Å². The lowest BCUT2D eigenvalue weighted by molar-refractivity contribution is -0.113. The van der Waals surface area contributed by atoms with Crippen LogP contribution < -0.4 is 5.32 Å². The highest BCUT2D eigenvalue weighted by atomic mass is 32.2. The summed E-state index contributed by atoms with van der Waals surface area (Å²) in [4.78, 5) is 12.5. The fraction of sp³-hybridized carbons (Fsp3) is 0.200. The lowest BCUT2D eigenvalue weighted by Crippen LogP contribution is -2.16. The van der Waals surface area contributed by atoms with Gasteiger partial charge in [0.15, 0.2) is 11.0 Å². The average Bonchev–Trinajstić information content (AvgIpc) is 3.35. The highest BCUT2D eigenvalue weighted by molar-refractivity contribution is 7.99. The van der Waals surface area contributed by atoms with E-state index in [4.69, 9.17) is 0 Å². The maximum Gasteiger partial charge on any atom is 0.234 e. The van der Waals surface area contributed by atoms with Gasteiger partial charge in [-0.2, -0.15) is 4.68 Å². The molecule has 0 aliphatic rings. The number of carbonyl (C=O) groups is 1. The van der Waals surface area contributed by atoms with E-state index in [1.54, 1.807) is 6.92 Å². The maximum atomic E-state index is 14.2. The van der Waals surface area contributed by atoms with Crippen LogP contribution in [0, 0.1) is 19.7 Å². The van der Waals surface area contributed by atoms with E-state index in [1.165, 1.54) is 34.6 Å². The number of nitrogens with one attached hydrogen (secondary N) is 1. The molecule has 2 aromatic heterocycles. The first-order valence-corrected chi connectivity index (χ1v) is 10.4. The second-order valence-electron chi connectivity index (χ2n) is 6.74. The highest BCUT2D eigenvalue weighted by Gasteiger charge is 2.14. The fourth-order valence-electron chi connectivity index (χ4n) is 2.94. The van der Waals surface area contributed by atoms with E-state index in [0.29, 0.717) is 23.2 Å². The number of thioether (sulfide) groups is 1. The molecular weight excluding hydrogens is 419 g/mol. The predicted molar refractivity (Wildman–Crippen MR) is 114 cm³/mol. The van der Waals surface area contributed by atoms with Gasteiger partial charge in [0.1, 0.15) is 11.6 Å². The molecular formula is C20H19FN8OS. The highest BCUT2D eigenvalue weighted by Crippen LogP contribution is 2.22. The Kier molecular flexibility index (Phi) is 6.03. The first-order chi connectivity index (χ1) is 15.0. The van der Waals surface area contributed by atoms with Gasteiger partial charge in [0.25, 0.3) is 0 Å². The van der Waals surface area contributed by atoms with Crippen molar-refractivity contribution in [1.29, 1.82) is 0 Å². The molecule has 0 radical (unpaired) electrons. The van der Waals surface area contributed by atoms with Crippen molar-refractivity contribution in [2.45, 2.75) is 25.5 Å². The number of hydrogen-bond donors (Lipinski definition) is 1. The lowest BCUT2D eigenvalue weighted by Gasteiger charge is -2.10. The van der Waals surface area contributed by atoms with Crippen molar-refractivity contribution in [2.75, 3.05) is 11.1 Å². The standard InChI is InChI=1S/C20H19FN8OS/c1-13-23-25-20(28(13)11-15-6-4-3-5-7-15)31-12-19(30)22-18-10-16(8-9-17(18)21)29-14(2)24-26-27-29/h3-10H,11-12H2,1-2H3,(H,22,30). The molecule has 0 unspecified atom stereocenters. The monoisotopic (exact) mass is 438 g/mol. The van der Waals surface area contributed by atoms with Gasteiger partial charge in [0.05, 0.1) is 23.7 Å². The second kappa shape index (κ2) is 9.04. The average molecular weight is 438 g/mol. The van der Waals surface area contributed by atoms with Crippen LogP contribution in [0.25, 0.3) is 5.69 Å². The van der Waals surface area contributed by atoms with Crippen LogP contribution in [0.2, 0.25) is 0 Å². The van der Waals surface area contributed by atoms with E-state index in [9.17, 15) is 9.18 Å². The number of aryl methyl sites for hydroxylation is 2. The SMILES string of the molecule is Cc1nnnn1-c1ccc(F)c(NC(=O)CSc2nnc(C)n2Cc2ccccc2)c1. The first-order valence-electron chi connectivity index (χ1n) is 9.42. The molecule has 11 heteroatoms. The Bertz CT molecular complexity index is 1210. The Morgan fingerprint density at radius 1 is 1.06 bits per heavy atom. The van der Waals surface area contributed by atoms with Gasteiger partial charge in [-0.05, 0) is 48.0 Å². The number of amides is 1. The van der Waals surface area contributed by atoms with E-state index in [-0.39, 0.29) is 17.3 Å². The minimum atomic E-state index is -0.545. The summed E-state index contributed by atoms with van der Waals surface area (Å²) >= 11 is 1.24. The van der Waals surface area contributed by atoms with Crippen LogP contribution in [0.3, 0.4) is 0 Å². The van der Waals surface area contributed by atoms with Crippen LogP contribution in [0.4, 0.5) is 10.1 Å². The van der Waals surface area contributed by atoms with Crippen molar-refractivity contribution < 1.29 is 9.18 Å². The molecule has 4 rings (SSSR count). The predicted octanol–water partition coefficient (Wildman–Crippen LogP) is 2.79. The van der Waals surface area contributed by atoms with Gasteiger partial charge >= 0.3 is 0 Å².